The second-order valence-electron chi connectivity index (χ2n) is 11.0. The van der Waals surface area contributed by atoms with Crippen molar-refractivity contribution in [2.45, 2.75) is 51.1 Å². The molecule has 3 aromatic rings. The predicted molar refractivity (Wildman–Crippen MR) is 161 cm³/mol. The largest absolute Gasteiger partial charge is 0.495 e. The third kappa shape index (κ3) is 7.20. The summed E-state index contributed by atoms with van der Waals surface area (Å²) in [5.74, 6) is 9.15. The third-order valence-corrected chi connectivity index (χ3v) is 7.73. The molecule has 5 rings (SSSR count). The molecule has 0 unspecified atom stereocenters. The van der Waals surface area contributed by atoms with Crippen LogP contribution in [0.25, 0.3) is 10.9 Å². The van der Waals surface area contributed by atoms with Gasteiger partial charge in [0, 0.05) is 57.1 Å². The number of nitrogens with zero attached hydrogens (tertiary/aromatic N) is 5. The maximum atomic E-state index is 5.78. The van der Waals surface area contributed by atoms with Gasteiger partial charge in [-0.2, -0.15) is 4.98 Å². The van der Waals surface area contributed by atoms with Gasteiger partial charge in [0.1, 0.15) is 11.6 Å². The molecule has 0 bridgehead atoms. The highest BCUT2D eigenvalue weighted by molar-refractivity contribution is 5.93. The van der Waals surface area contributed by atoms with E-state index in [0.717, 1.165) is 92.5 Å². The zero-order chi connectivity index (χ0) is 27.0. The van der Waals surface area contributed by atoms with E-state index in [0.29, 0.717) is 6.04 Å². The molecule has 2 aliphatic rings. The number of hydrogen-bond donors (Lipinski definition) is 1. The van der Waals surface area contributed by atoms with Gasteiger partial charge in [-0.15, -0.1) is 0 Å². The molecule has 7 nitrogen and oxygen atoms in total. The van der Waals surface area contributed by atoms with E-state index >= 15 is 0 Å². The van der Waals surface area contributed by atoms with Gasteiger partial charge in [-0.1, -0.05) is 42.2 Å². The Hall–Kier alpha value is -3.34. The molecule has 2 fully saturated rings. The molecule has 0 aliphatic carbocycles. The quantitative estimate of drug-likeness (QED) is 0.414. The highest BCUT2D eigenvalue weighted by Gasteiger charge is 2.23. The van der Waals surface area contributed by atoms with Crippen LogP contribution in [0, 0.1) is 11.8 Å². The number of fused-ring (bicyclic) bond motifs is 1. The molecule has 0 spiro atoms. The van der Waals surface area contributed by atoms with Crippen LogP contribution < -0.4 is 15.0 Å². The Labute approximate surface area is 233 Å². The monoisotopic (exact) mass is 526 g/mol. The number of ether oxygens (including phenoxy) is 1. The average molecular weight is 527 g/mol. The summed E-state index contributed by atoms with van der Waals surface area (Å²) in [6, 6.07) is 15.3. The highest BCUT2D eigenvalue weighted by Crippen LogP contribution is 2.32. The fourth-order valence-electron chi connectivity index (χ4n) is 5.46. The zero-order valence-electron chi connectivity index (χ0n) is 23.7. The van der Waals surface area contributed by atoms with E-state index in [-0.39, 0.29) is 0 Å². The molecular weight excluding hydrogens is 484 g/mol. The second kappa shape index (κ2) is 13.1. The van der Waals surface area contributed by atoms with Crippen LogP contribution in [0.1, 0.15) is 49.7 Å². The second-order valence-corrected chi connectivity index (χ2v) is 11.0. The van der Waals surface area contributed by atoms with Gasteiger partial charge in [0.15, 0.2) is 0 Å². The summed E-state index contributed by atoms with van der Waals surface area (Å²) in [6.07, 6.45) is 6.64. The molecular formula is C32H42N6O. The number of anilines is 2. The summed E-state index contributed by atoms with van der Waals surface area (Å²) in [7, 11) is 5.85. The maximum absolute atomic E-state index is 5.78. The van der Waals surface area contributed by atoms with Crippen molar-refractivity contribution in [1.82, 2.24) is 19.8 Å². The number of nitrogens with one attached hydrogen (secondary N) is 1. The minimum absolute atomic E-state index is 0.376. The molecule has 206 valence electrons. The van der Waals surface area contributed by atoms with E-state index in [4.69, 9.17) is 14.7 Å². The van der Waals surface area contributed by atoms with E-state index in [2.05, 4.69) is 88.4 Å². The van der Waals surface area contributed by atoms with Gasteiger partial charge < -0.3 is 19.9 Å². The Morgan fingerprint density at radius 3 is 2.49 bits per heavy atom. The first-order valence-electron chi connectivity index (χ1n) is 14.4. The molecule has 2 aliphatic heterocycles. The van der Waals surface area contributed by atoms with Crippen molar-refractivity contribution in [2.75, 3.05) is 64.1 Å². The first-order valence-corrected chi connectivity index (χ1v) is 14.4. The van der Waals surface area contributed by atoms with Gasteiger partial charge in [0.2, 0.25) is 5.95 Å². The molecule has 39 heavy (non-hydrogen) atoms. The van der Waals surface area contributed by atoms with Crippen LogP contribution in [-0.4, -0.2) is 79.7 Å². The van der Waals surface area contributed by atoms with Crippen molar-refractivity contribution in [3.63, 3.8) is 0 Å². The number of aromatic nitrogens is 2. The number of benzene rings is 2. The minimum Gasteiger partial charge on any atom is -0.495 e. The van der Waals surface area contributed by atoms with Crippen molar-refractivity contribution < 1.29 is 4.74 Å². The van der Waals surface area contributed by atoms with Crippen molar-refractivity contribution in [3.05, 3.63) is 53.6 Å². The lowest BCUT2D eigenvalue weighted by Crippen LogP contribution is -2.39. The number of hydrogen-bond acceptors (Lipinski definition) is 7. The lowest BCUT2D eigenvalue weighted by Gasteiger charge is -2.33. The van der Waals surface area contributed by atoms with Gasteiger partial charge in [-0.3, -0.25) is 4.90 Å². The van der Waals surface area contributed by atoms with Crippen molar-refractivity contribution in [2.24, 2.45) is 0 Å². The average Bonchev–Trinajstić information content (AvgIpc) is 2.96. The van der Waals surface area contributed by atoms with Gasteiger partial charge in [0.05, 0.1) is 18.2 Å². The van der Waals surface area contributed by atoms with Crippen molar-refractivity contribution in [3.8, 4) is 17.6 Å². The lowest BCUT2D eigenvalue weighted by molar-refractivity contribution is 0.211. The van der Waals surface area contributed by atoms with Crippen molar-refractivity contribution >= 4 is 22.7 Å². The molecule has 3 heterocycles. The van der Waals surface area contributed by atoms with Crippen LogP contribution in [-0.2, 0) is 6.54 Å². The van der Waals surface area contributed by atoms with Crippen LogP contribution in [0.2, 0.25) is 0 Å². The number of rotatable bonds is 8. The fraction of sp³-hybridized carbons (Fsp3) is 0.500. The van der Waals surface area contributed by atoms with Gasteiger partial charge in [0.25, 0.3) is 0 Å². The highest BCUT2D eigenvalue weighted by atomic mass is 16.5. The summed E-state index contributed by atoms with van der Waals surface area (Å²) >= 11 is 0. The van der Waals surface area contributed by atoms with E-state index in [9.17, 15) is 0 Å². The van der Waals surface area contributed by atoms with Gasteiger partial charge >= 0.3 is 0 Å². The van der Waals surface area contributed by atoms with Crippen molar-refractivity contribution in [1.29, 1.82) is 0 Å². The predicted octanol–water partition coefficient (Wildman–Crippen LogP) is 5.01. The summed E-state index contributed by atoms with van der Waals surface area (Å²) in [5.41, 5.74) is 3.18. The third-order valence-electron chi connectivity index (χ3n) is 7.73. The first kappa shape index (κ1) is 27.2. The molecule has 0 atom stereocenters. The maximum Gasteiger partial charge on any atom is 0.227 e. The number of piperidine rings is 2. The molecule has 1 N–H and O–H groups in total. The van der Waals surface area contributed by atoms with Crippen LogP contribution in [0.3, 0.4) is 0 Å². The van der Waals surface area contributed by atoms with E-state index in [1.54, 1.807) is 7.11 Å². The Bertz CT molecular complexity index is 1280. The van der Waals surface area contributed by atoms with E-state index in [1.807, 2.05) is 0 Å². The van der Waals surface area contributed by atoms with E-state index in [1.165, 1.54) is 24.8 Å². The Morgan fingerprint density at radius 1 is 1.00 bits per heavy atom. The first-order chi connectivity index (χ1) is 19.1. The normalized spacial score (nSPS) is 16.8. The molecule has 7 heteroatoms. The smallest absolute Gasteiger partial charge is 0.227 e. The SMILES string of the molecule is COc1cc2c(NC3CCN(Cc4ccccc4)CC3)nc(N3CCCCC3)nc2cc1C#CCCN(C)C. The van der Waals surface area contributed by atoms with Crippen LogP contribution >= 0.6 is 0 Å². The Kier molecular flexibility index (Phi) is 9.18. The van der Waals surface area contributed by atoms with Gasteiger partial charge in [-0.05, 0) is 63.9 Å². The molecule has 0 radical (unpaired) electrons. The van der Waals surface area contributed by atoms with Gasteiger partial charge in [-0.25, -0.2) is 4.98 Å². The molecule has 2 aromatic carbocycles. The number of likely N-dealkylation sites (tertiary alicyclic amines) is 1. The number of methoxy groups -OCH3 is 1. The summed E-state index contributed by atoms with van der Waals surface area (Å²) in [6.45, 7) is 6.11. The summed E-state index contributed by atoms with van der Waals surface area (Å²) in [4.78, 5) is 17.2. The Morgan fingerprint density at radius 2 is 1.77 bits per heavy atom. The molecule has 0 amide bonds. The minimum atomic E-state index is 0.376. The standard InChI is InChI=1S/C32H42N6O/c1-36(2)17-11-8-14-26-22-29-28(23-30(26)39-3)31(35-32(34-29)38-18-9-5-10-19-38)33-27-15-20-37(21-16-27)24-25-12-6-4-7-13-25/h4,6-7,12-13,22-23,27H,5,9-11,15-21,24H2,1-3H3,(H,33,34,35). The molecule has 0 saturated carbocycles. The Balaban J connectivity index is 1.39. The van der Waals surface area contributed by atoms with E-state index < -0.39 is 0 Å². The van der Waals surface area contributed by atoms with Crippen LogP contribution in [0.5, 0.6) is 5.75 Å². The van der Waals surface area contributed by atoms with Crippen LogP contribution in [0.4, 0.5) is 11.8 Å². The summed E-state index contributed by atoms with van der Waals surface area (Å²) < 4.78 is 5.78. The summed E-state index contributed by atoms with van der Waals surface area (Å²) in [5, 5.41) is 4.82. The molecule has 1 aromatic heterocycles. The van der Waals surface area contributed by atoms with Crippen LogP contribution in [0.15, 0.2) is 42.5 Å². The fourth-order valence-corrected chi connectivity index (χ4v) is 5.46. The lowest BCUT2D eigenvalue weighted by atomic mass is 10.0. The topological polar surface area (TPSA) is 56.8 Å². The molecule has 2 saturated heterocycles. The zero-order valence-corrected chi connectivity index (χ0v) is 23.7.